The zero-order valence-corrected chi connectivity index (χ0v) is 11.1. The lowest BCUT2D eigenvalue weighted by molar-refractivity contribution is 0.313. The summed E-state index contributed by atoms with van der Waals surface area (Å²) in [6.07, 6.45) is 0. The van der Waals surface area contributed by atoms with Gasteiger partial charge in [0.05, 0.1) is 11.4 Å². The molecule has 1 aliphatic rings. The summed E-state index contributed by atoms with van der Waals surface area (Å²) in [7, 11) is 2.17. The number of piperazine rings is 1. The van der Waals surface area contributed by atoms with Crippen LogP contribution < -0.4 is 10.6 Å². The highest BCUT2D eigenvalue weighted by molar-refractivity contribution is 5.68. The molecule has 1 aromatic rings. The van der Waals surface area contributed by atoms with Crippen LogP contribution in [-0.2, 0) is 0 Å². The largest absolute Gasteiger partial charge is 0.397 e. The monoisotopic (exact) mass is 233 g/mol. The van der Waals surface area contributed by atoms with Crippen molar-refractivity contribution in [2.75, 3.05) is 43.9 Å². The zero-order valence-electron chi connectivity index (χ0n) is 11.1. The third-order valence-corrected chi connectivity index (χ3v) is 3.56. The van der Waals surface area contributed by atoms with Crippen molar-refractivity contribution in [3.05, 3.63) is 23.8 Å². The molecule has 0 amide bonds. The van der Waals surface area contributed by atoms with E-state index >= 15 is 0 Å². The van der Waals surface area contributed by atoms with Crippen molar-refractivity contribution in [2.24, 2.45) is 0 Å². The molecule has 0 bridgehead atoms. The summed E-state index contributed by atoms with van der Waals surface area (Å²) in [6.45, 7) is 8.77. The van der Waals surface area contributed by atoms with Crippen LogP contribution in [0, 0.1) is 0 Å². The van der Waals surface area contributed by atoms with E-state index in [1.165, 1.54) is 11.3 Å². The van der Waals surface area contributed by atoms with Gasteiger partial charge in [-0.15, -0.1) is 0 Å². The van der Waals surface area contributed by atoms with Crippen LogP contribution in [0.4, 0.5) is 11.4 Å². The Kier molecular flexibility index (Phi) is 3.57. The van der Waals surface area contributed by atoms with Crippen molar-refractivity contribution < 1.29 is 0 Å². The topological polar surface area (TPSA) is 32.5 Å². The second kappa shape index (κ2) is 4.96. The Morgan fingerprint density at radius 1 is 1.12 bits per heavy atom. The second-order valence-electron chi connectivity index (χ2n) is 5.26. The SMILES string of the molecule is CC(C)c1ccc(N2CCN(C)CC2)c(N)c1. The summed E-state index contributed by atoms with van der Waals surface area (Å²) in [5.41, 5.74) is 9.60. The molecule has 0 spiro atoms. The van der Waals surface area contributed by atoms with Gasteiger partial charge in [0.2, 0.25) is 0 Å². The number of hydrogen-bond acceptors (Lipinski definition) is 3. The van der Waals surface area contributed by atoms with Gasteiger partial charge in [-0.25, -0.2) is 0 Å². The highest BCUT2D eigenvalue weighted by atomic mass is 15.2. The first kappa shape index (κ1) is 12.2. The zero-order chi connectivity index (χ0) is 12.4. The van der Waals surface area contributed by atoms with E-state index in [1.54, 1.807) is 0 Å². The van der Waals surface area contributed by atoms with Gasteiger partial charge >= 0.3 is 0 Å². The van der Waals surface area contributed by atoms with E-state index < -0.39 is 0 Å². The van der Waals surface area contributed by atoms with Gasteiger partial charge in [0, 0.05) is 26.2 Å². The van der Waals surface area contributed by atoms with Crippen LogP contribution in [0.1, 0.15) is 25.3 Å². The normalized spacial score (nSPS) is 17.8. The van der Waals surface area contributed by atoms with Crippen molar-refractivity contribution in [1.82, 2.24) is 4.90 Å². The van der Waals surface area contributed by atoms with Crippen molar-refractivity contribution in [3.8, 4) is 0 Å². The van der Waals surface area contributed by atoms with E-state index in [4.69, 9.17) is 5.73 Å². The number of nitrogens with two attached hydrogens (primary N) is 1. The summed E-state index contributed by atoms with van der Waals surface area (Å²) in [6, 6.07) is 6.50. The molecule has 0 radical (unpaired) electrons. The molecule has 1 aliphatic heterocycles. The van der Waals surface area contributed by atoms with Crippen molar-refractivity contribution in [1.29, 1.82) is 0 Å². The van der Waals surface area contributed by atoms with Crippen LogP contribution >= 0.6 is 0 Å². The van der Waals surface area contributed by atoms with Gasteiger partial charge in [-0.1, -0.05) is 19.9 Å². The van der Waals surface area contributed by atoms with Gasteiger partial charge < -0.3 is 15.5 Å². The fourth-order valence-electron chi connectivity index (χ4n) is 2.27. The molecular weight excluding hydrogens is 210 g/mol. The van der Waals surface area contributed by atoms with E-state index in [2.05, 4.69) is 48.9 Å². The molecule has 0 saturated carbocycles. The minimum Gasteiger partial charge on any atom is -0.397 e. The minimum absolute atomic E-state index is 0.541. The number of likely N-dealkylation sites (N-methyl/N-ethyl adjacent to an activating group) is 1. The molecule has 0 aliphatic carbocycles. The maximum atomic E-state index is 6.17. The Morgan fingerprint density at radius 2 is 1.76 bits per heavy atom. The lowest BCUT2D eigenvalue weighted by Crippen LogP contribution is -2.44. The molecule has 17 heavy (non-hydrogen) atoms. The highest BCUT2D eigenvalue weighted by Gasteiger charge is 2.16. The first-order valence-corrected chi connectivity index (χ1v) is 6.41. The van der Waals surface area contributed by atoms with Crippen molar-refractivity contribution in [2.45, 2.75) is 19.8 Å². The molecule has 94 valence electrons. The first-order valence-electron chi connectivity index (χ1n) is 6.41. The average molecular weight is 233 g/mol. The summed E-state index contributed by atoms with van der Waals surface area (Å²) in [4.78, 5) is 4.74. The number of rotatable bonds is 2. The van der Waals surface area contributed by atoms with Gasteiger partial charge in [-0.3, -0.25) is 0 Å². The van der Waals surface area contributed by atoms with E-state index in [9.17, 15) is 0 Å². The summed E-state index contributed by atoms with van der Waals surface area (Å²) in [5, 5.41) is 0. The number of anilines is 2. The van der Waals surface area contributed by atoms with Crippen LogP contribution in [0.15, 0.2) is 18.2 Å². The summed E-state index contributed by atoms with van der Waals surface area (Å²) in [5.74, 6) is 0.541. The molecular formula is C14H23N3. The third-order valence-electron chi connectivity index (χ3n) is 3.56. The van der Waals surface area contributed by atoms with Crippen LogP contribution in [0.3, 0.4) is 0 Å². The number of nitrogen functional groups attached to an aromatic ring is 1. The molecule has 0 atom stereocenters. The molecule has 1 aromatic carbocycles. The van der Waals surface area contributed by atoms with E-state index in [-0.39, 0.29) is 0 Å². The molecule has 2 rings (SSSR count). The Balaban J connectivity index is 2.16. The van der Waals surface area contributed by atoms with Gasteiger partial charge in [-0.05, 0) is 30.7 Å². The van der Waals surface area contributed by atoms with Crippen LogP contribution in [0.25, 0.3) is 0 Å². The molecule has 1 heterocycles. The van der Waals surface area contributed by atoms with E-state index in [0.29, 0.717) is 5.92 Å². The number of nitrogens with zero attached hydrogens (tertiary/aromatic N) is 2. The van der Waals surface area contributed by atoms with Crippen LogP contribution in [0.2, 0.25) is 0 Å². The Bertz CT molecular complexity index is 379. The summed E-state index contributed by atoms with van der Waals surface area (Å²) < 4.78 is 0. The fraction of sp³-hybridized carbons (Fsp3) is 0.571. The highest BCUT2D eigenvalue weighted by Crippen LogP contribution is 2.28. The van der Waals surface area contributed by atoms with Crippen LogP contribution in [-0.4, -0.2) is 38.1 Å². The second-order valence-corrected chi connectivity index (χ2v) is 5.26. The minimum atomic E-state index is 0.541. The average Bonchev–Trinajstić information content (AvgIpc) is 2.30. The molecule has 0 aromatic heterocycles. The molecule has 2 N–H and O–H groups in total. The Hall–Kier alpha value is -1.22. The molecule has 1 saturated heterocycles. The quantitative estimate of drug-likeness (QED) is 0.794. The maximum Gasteiger partial charge on any atom is 0.0601 e. The Morgan fingerprint density at radius 3 is 2.29 bits per heavy atom. The lowest BCUT2D eigenvalue weighted by Gasteiger charge is -2.34. The van der Waals surface area contributed by atoms with Crippen molar-refractivity contribution >= 4 is 11.4 Å². The van der Waals surface area contributed by atoms with Gasteiger partial charge in [-0.2, -0.15) is 0 Å². The predicted molar refractivity (Wildman–Crippen MR) is 74.7 cm³/mol. The summed E-state index contributed by atoms with van der Waals surface area (Å²) >= 11 is 0. The maximum absolute atomic E-state index is 6.17. The lowest BCUT2D eigenvalue weighted by atomic mass is 10.0. The van der Waals surface area contributed by atoms with E-state index in [0.717, 1.165) is 31.9 Å². The standard InChI is InChI=1S/C14H23N3/c1-11(2)12-4-5-14(13(15)10-12)17-8-6-16(3)7-9-17/h4-5,10-11H,6-9,15H2,1-3H3. The molecule has 1 fully saturated rings. The number of benzene rings is 1. The number of hydrogen-bond donors (Lipinski definition) is 1. The predicted octanol–water partition coefficient (Wildman–Crippen LogP) is 2.14. The van der Waals surface area contributed by atoms with E-state index in [1.807, 2.05) is 0 Å². The third kappa shape index (κ3) is 2.72. The fourth-order valence-corrected chi connectivity index (χ4v) is 2.27. The molecule has 3 nitrogen and oxygen atoms in total. The van der Waals surface area contributed by atoms with Crippen LogP contribution in [0.5, 0.6) is 0 Å². The van der Waals surface area contributed by atoms with Gasteiger partial charge in [0.15, 0.2) is 0 Å². The smallest absolute Gasteiger partial charge is 0.0601 e. The molecule has 3 heteroatoms. The Labute approximate surface area is 104 Å². The van der Waals surface area contributed by atoms with Gasteiger partial charge in [0.25, 0.3) is 0 Å². The van der Waals surface area contributed by atoms with Crippen molar-refractivity contribution in [3.63, 3.8) is 0 Å². The molecule has 0 unspecified atom stereocenters. The van der Waals surface area contributed by atoms with Gasteiger partial charge in [0.1, 0.15) is 0 Å². The first-order chi connectivity index (χ1) is 8.08.